The minimum absolute atomic E-state index is 0.511. The van der Waals surface area contributed by atoms with E-state index in [4.69, 9.17) is 4.52 Å². The molecule has 2 aliphatic carbocycles. The fourth-order valence-electron chi connectivity index (χ4n) is 5.71. The van der Waals surface area contributed by atoms with Crippen LogP contribution in [-0.2, 0) is 4.52 Å². The molecule has 174 valence electrons. The van der Waals surface area contributed by atoms with Crippen molar-refractivity contribution in [3.63, 3.8) is 0 Å². The summed E-state index contributed by atoms with van der Waals surface area (Å²) in [5.74, 6) is 0. The zero-order valence-electron chi connectivity index (χ0n) is 20.3. The van der Waals surface area contributed by atoms with Crippen molar-refractivity contribution in [1.29, 1.82) is 0 Å². The predicted molar refractivity (Wildman–Crippen MR) is 156 cm³/mol. The van der Waals surface area contributed by atoms with Crippen LogP contribution in [0.1, 0.15) is 32.1 Å². The van der Waals surface area contributed by atoms with Gasteiger partial charge in [0, 0.05) is 0 Å². The normalized spacial score (nSPS) is 19.3. The Bertz CT molecular complexity index is 1010. The summed E-state index contributed by atoms with van der Waals surface area (Å²) in [6.07, 6.45) is 24.9. The van der Waals surface area contributed by atoms with Gasteiger partial charge in [-0.25, -0.2) is 0 Å². The average Bonchev–Trinajstić information content (AvgIpc) is 2.91. The zero-order chi connectivity index (χ0) is 23.0. The number of hydrogen-bond donors (Lipinski definition) is 0. The molecular weight excluding hydrogens is 437 g/mol. The summed E-state index contributed by atoms with van der Waals surface area (Å²) in [7, 11) is 0.707. The summed E-state index contributed by atoms with van der Waals surface area (Å²) in [4.78, 5) is 0. The van der Waals surface area contributed by atoms with Crippen LogP contribution >= 0.6 is 14.6 Å². The van der Waals surface area contributed by atoms with Gasteiger partial charge in [-0.3, -0.25) is 0 Å². The van der Waals surface area contributed by atoms with Crippen LogP contribution < -0.4 is 10.6 Å². The molecule has 0 N–H and O–H groups in total. The van der Waals surface area contributed by atoms with E-state index < -0.39 is 14.6 Å². The van der Waals surface area contributed by atoms with E-state index >= 15 is 0 Å². The van der Waals surface area contributed by atoms with Gasteiger partial charge in [0.15, 0.2) is 0 Å². The topological polar surface area (TPSA) is 9.23 Å². The number of unbranched alkanes of at least 4 members (excludes halogenated alkanes) is 1. The third-order valence-electron chi connectivity index (χ3n) is 7.72. The van der Waals surface area contributed by atoms with E-state index in [2.05, 4.69) is 111 Å². The molecule has 0 amide bonds. The van der Waals surface area contributed by atoms with Gasteiger partial charge in [-0.15, -0.1) is 0 Å². The Kier molecular flexibility index (Phi) is 8.59. The van der Waals surface area contributed by atoms with Gasteiger partial charge in [0.25, 0.3) is 0 Å². The summed E-state index contributed by atoms with van der Waals surface area (Å²) in [6, 6.07) is 22.4. The van der Waals surface area contributed by atoms with Crippen molar-refractivity contribution in [3.05, 3.63) is 109 Å². The van der Waals surface area contributed by atoms with Crippen molar-refractivity contribution in [1.82, 2.24) is 0 Å². The second kappa shape index (κ2) is 11.6. The first-order valence-electron chi connectivity index (χ1n) is 12.6. The summed E-state index contributed by atoms with van der Waals surface area (Å²) in [5.41, 5.74) is 0.511. The molecule has 0 radical (unpaired) electrons. The summed E-state index contributed by atoms with van der Waals surface area (Å²) in [5, 5.41) is 4.64. The Balaban J connectivity index is 1.52. The van der Waals surface area contributed by atoms with Gasteiger partial charge in [-0.2, -0.15) is 0 Å². The molecule has 0 aliphatic heterocycles. The van der Waals surface area contributed by atoms with Gasteiger partial charge < -0.3 is 0 Å². The average molecular weight is 476 g/mol. The Hall–Kier alpha value is -1.72. The Labute approximate surface area is 202 Å². The zero-order valence-corrected chi connectivity index (χ0v) is 22.3. The van der Waals surface area contributed by atoms with E-state index in [0.29, 0.717) is 5.66 Å². The first-order valence-corrected chi connectivity index (χ1v) is 17.5. The molecule has 0 bridgehead atoms. The molecule has 2 aliphatic rings. The quantitative estimate of drug-likeness (QED) is 0.227. The SMILES string of the molecule is B[PH](CCCC[PH](OC)(c1ccccc1)C1C=CC=CC1)(C1=CCCC=C1)c1ccccc1. The first-order chi connectivity index (χ1) is 16.2. The second-order valence-corrected chi connectivity index (χ2v) is 18.0. The molecule has 0 saturated heterocycles. The van der Waals surface area contributed by atoms with Gasteiger partial charge in [-0.05, 0) is 0 Å². The van der Waals surface area contributed by atoms with Gasteiger partial charge in [0.2, 0.25) is 0 Å². The van der Waals surface area contributed by atoms with Crippen molar-refractivity contribution in [3.8, 4) is 0 Å². The second-order valence-electron chi connectivity index (χ2n) is 9.66. The van der Waals surface area contributed by atoms with Crippen LogP contribution in [0.4, 0.5) is 0 Å². The van der Waals surface area contributed by atoms with Crippen molar-refractivity contribution in [2.45, 2.75) is 37.8 Å². The third-order valence-corrected chi connectivity index (χ3v) is 17.1. The Morgan fingerprint density at radius 2 is 1.55 bits per heavy atom. The monoisotopic (exact) mass is 476 g/mol. The van der Waals surface area contributed by atoms with Crippen LogP contribution in [-0.4, -0.2) is 32.7 Å². The molecule has 1 atom stereocenters. The van der Waals surface area contributed by atoms with Crippen LogP contribution in [0.3, 0.4) is 0 Å². The number of hydrogen-bond acceptors (Lipinski definition) is 1. The van der Waals surface area contributed by atoms with Crippen molar-refractivity contribution in [2.75, 3.05) is 19.4 Å². The summed E-state index contributed by atoms with van der Waals surface area (Å²) in [6.45, 7) is 0. The summed E-state index contributed by atoms with van der Waals surface area (Å²) >= 11 is 0. The van der Waals surface area contributed by atoms with Gasteiger partial charge >= 0.3 is 203 Å². The molecule has 2 aromatic rings. The standard InChI is InChI=1S/C29H39BOP2/c1-31-33(28-20-10-4-11-21-28,29-22-12-5-13-23-29)25-15-14-24-32(30,26-16-6-2-7-17-26)27-18-8-3-9-19-27/h2,4-8,10-13,16-22,29,32-33H,3,9,14-15,23-25,30H2,1H3. The van der Waals surface area contributed by atoms with Crippen molar-refractivity contribution >= 4 is 32.8 Å². The molecule has 1 unspecified atom stereocenters. The Morgan fingerprint density at radius 1 is 0.848 bits per heavy atom. The molecule has 0 aromatic heterocycles. The van der Waals surface area contributed by atoms with E-state index in [1.807, 2.05) is 7.11 Å². The van der Waals surface area contributed by atoms with E-state index in [-0.39, 0.29) is 0 Å². The maximum absolute atomic E-state index is 6.54. The van der Waals surface area contributed by atoms with Gasteiger partial charge in [0.05, 0.1) is 0 Å². The minimum atomic E-state index is -2.11. The number of allylic oxidation sites excluding steroid dienone is 8. The van der Waals surface area contributed by atoms with E-state index in [1.54, 1.807) is 10.6 Å². The molecule has 0 spiro atoms. The van der Waals surface area contributed by atoms with Crippen LogP contribution in [0.15, 0.2) is 109 Å². The van der Waals surface area contributed by atoms with Crippen LogP contribution in [0.25, 0.3) is 0 Å². The summed E-state index contributed by atoms with van der Waals surface area (Å²) < 4.78 is 6.54. The molecule has 0 fully saturated rings. The van der Waals surface area contributed by atoms with Crippen LogP contribution in [0.5, 0.6) is 0 Å². The molecule has 33 heavy (non-hydrogen) atoms. The fourth-order valence-corrected chi connectivity index (χ4v) is 13.9. The van der Waals surface area contributed by atoms with Crippen molar-refractivity contribution < 1.29 is 4.52 Å². The van der Waals surface area contributed by atoms with Crippen molar-refractivity contribution in [2.24, 2.45) is 0 Å². The van der Waals surface area contributed by atoms with E-state index in [9.17, 15) is 0 Å². The molecule has 4 heteroatoms. The number of benzene rings is 2. The Morgan fingerprint density at radius 3 is 2.15 bits per heavy atom. The van der Waals surface area contributed by atoms with Crippen LogP contribution in [0, 0.1) is 0 Å². The third kappa shape index (κ3) is 5.51. The molecule has 1 nitrogen and oxygen atoms in total. The predicted octanol–water partition coefficient (Wildman–Crippen LogP) is 6.15. The van der Waals surface area contributed by atoms with Gasteiger partial charge in [-0.1, -0.05) is 0 Å². The maximum atomic E-state index is 6.54. The van der Waals surface area contributed by atoms with E-state index in [1.165, 1.54) is 43.3 Å². The fraction of sp³-hybridized carbons (Fsp3) is 0.310. The van der Waals surface area contributed by atoms with Gasteiger partial charge in [0.1, 0.15) is 0 Å². The molecule has 4 rings (SSSR count). The van der Waals surface area contributed by atoms with Crippen LogP contribution in [0.2, 0.25) is 0 Å². The molecule has 2 aromatic carbocycles. The molecule has 0 saturated carbocycles. The molecule has 0 heterocycles. The molecular formula is C29H39BOP2. The number of rotatable bonds is 10. The van der Waals surface area contributed by atoms with E-state index in [0.717, 1.165) is 6.42 Å². The first kappa shape index (κ1) is 24.4.